The summed E-state index contributed by atoms with van der Waals surface area (Å²) in [4.78, 5) is 52.4. The van der Waals surface area contributed by atoms with Gasteiger partial charge in [0.2, 0.25) is 20.4 Å². The van der Waals surface area contributed by atoms with Crippen molar-refractivity contribution >= 4 is 34.7 Å². The number of fused-ring (bicyclic) bond motifs is 5. The highest BCUT2D eigenvalue weighted by molar-refractivity contribution is 7.47. The Balaban J connectivity index is 0.000000546. The van der Waals surface area contributed by atoms with Crippen LogP contribution < -0.4 is 0 Å². The Morgan fingerprint density at radius 1 is 0.797 bits per heavy atom. The quantitative estimate of drug-likeness (QED) is 0.0309. The zero-order valence-electron chi connectivity index (χ0n) is 43.2. The van der Waals surface area contributed by atoms with E-state index in [0.717, 1.165) is 11.5 Å². The number of carbonyl (C=O) groups is 3. The summed E-state index contributed by atoms with van der Waals surface area (Å²) in [5.41, 5.74) is -0.331. The van der Waals surface area contributed by atoms with Gasteiger partial charge in [0, 0.05) is 64.2 Å². The Morgan fingerprint density at radius 2 is 1.27 bits per heavy atom. The maximum absolute atomic E-state index is 12.9. The van der Waals surface area contributed by atoms with Crippen molar-refractivity contribution in [1.29, 1.82) is 1.43 Å². The van der Waals surface area contributed by atoms with E-state index in [0.29, 0.717) is 95.7 Å². The third-order valence-corrected chi connectivity index (χ3v) is 16.5. The molecule has 3 fully saturated rings. The first-order valence-electron chi connectivity index (χ1n) is 24.3. The number of nitrogens with zero attached hydrogens (tertiary/aromatic N) is 7. The van der Waals surface area contributed by atoms with Gasteiger partial charge < -0.3 is 38.0 Å². The predicted octanol–water partition coefficient (Wildman–Crippen LogP) is 8.34. The molecule has 4 aliphatic rings. The Hall–Kier alpha value is -2.17. The number of amides is 3. The van der Waals surface area contributed by atoms with E-state index >= 15 is 0 Å². The Morgan fingerprint density at radius 3 is 1.70 bits per heavy atom. The molecule has 4 aliphatic heterocycles. The van der Waals surface area contributed by atoms with Crippen molar-refractivity contribution in [2.75, 3.05) is 59.7 Å². The van der Waals surface area contributed by atoms with Gasteiger partial charge in [-0.1, -0.05) is 25.5 Å². The van der Waals surface area contributed by atoms with Crippen molar-refractivity contribution in [1.82, 2.24) is 24.0 Å². The molecule has 64 heavy (non-hydrogen) atoms. The summed E-state index contributed by atoms with van der Waals surface area (Å²) in [6.07, 6.45) is 6.98. The van der Waals surface area contributed by atoms with Crippen LogP contribution in [0.5, 0.6) is 0 Å². The molecule has 0 aromatic carbocycles. The van der Waals surface area contributed by atoms with Gasteiger partial charge in [-0.2, -0.15) is 5.06 Å². The molecule has 4 heterocycles. The van der Waals surface area contributed by atoms with Crippen LogP contribution in [0.4, 0.5) is 0 Å². The minimum absolute atomic E-state index is 0.108. The lowest BCUT2D eigenvalue weighted by atomic mass is 9.81. The summed E-state index contributed by atoms with van der Waals surface area (Å²) in [7, 11) is -0.901. The van der Waals surface area contributed by atoms with E-state index in [-0.39, 0.29) is 67.5 Å². The van der Waals surface area contributed by atoms with Crippen LogP contribution >= 0.6 is 17.0 Å². The highest BCUT2D eigenvalue weighted by Crippen LogP contribution is 2.51. The molecule has 1 N–H and O–H groups in total. The SMILES string of the molecule is [3H]CC1(COP(OCC[N+]#[C-])N(C(C)C)C(C)C)CCN(C(=O)CCCCCON2C(=O)C3C4C=CC(O4)C3C2=O)CC1.[3H]OC.[C-]#[N+]CCOP(N(C(C)C)C(C)C)N(C(C)C)C(C)C. The molecule has 4 rings (SSSR count). The molecule has 0 aromatic rings. The maximum Gasteiger partial charge on any atom is 0.260 e. The van der Waals surface area contributed by atoms with E-state index in [4.69, 9.17) is 39.1 Å². The second-order valence-electron chi connectivity index (χ2n) is 18.4. The fourth-order valence-electron chi connectivity index (χ4n) is 8.55. The smallest absolute Gasteiger partial charge is 0.260 e. The lowest BCUT2D eigenvalue weighted by molar-refractivity contribution is -0.192. The van der Waals surface area contributed by atoms with Crippen LogP contribution in [0.3, 0.4) is 0 Å². The molecule has 5 unspecified atom stereocenters. The molecule has 18 heteroatoms. The predicted molar refractivity (Wildman–Crippen MR) is 254 cm³/mol. The van der Waals surface area contributed by atoms with Crippen LogP contribution in [0.2, 0.25) is 0 Å². The van der Waals surface area contributed by atoms with Crippen LogP contribution in [0, 0.1) is 30.4 Å². The molecule has 3 amide bonds. The zero-order chi connectivity index (χ0) is 49.7. The van der Waals surface area contributed by atoms with E-state index in [2.05, 4.69) is 112 Å². The summed E-state index contributed by atoms with van der Waals surface area (Å²) in [5.74, 6) is -1.46. The third kappa shape index (κ3) is 16.6. The van der Waals surface area contributed by atoms with Gasteiger partial charge in [-0.15, -0.1) is 0 Å². The van der Waals surface area contributed by atoms with Crippen molar-refractivity contribution in [3.63, 3.8) is 0 Å². The fourth-order valence-corrected chi connectivity index (χ4v) is 12.6. The number of rotatable bonds is 25. The van der Waals surface area contributed by atoms with E-state index in [1.807, 2.05) is 17.1 Å². The van der Waals surface area contributed by atoms with Crippen molar-refractivity contribution in [2.45, 2.75) is 177 Å². The van der Waals surface area contributed by atoms with Crippen LogP contribution in [-0.4, -0.2) is 156 Å². The molecule has 0 saturated carbocycles. The lowest BCUT2D eigenvalue weighted by Gasteiger charge is -2.45. The van der Waals surface area contributed by atoms with Crippen molar-refractivity contribution in [3.8, 4) is 0 Å². The number of imide groups is 1. The van der Waals surface area contributed by atoms with Gasteiger partial charge in [-0.05, 0) is 114 Å². The number of unbranched alkanes of at least 4 members (excludes halogenated alkanes) is 2. The summed E-state index contributed by atoms with van der Waals surface area (Å²) < 4.78 is 45.3. The molecule has 5 atom stereocenters. The molecule has 366 valence electrons. The first-order valence-corrected chi connectivity index (χ1v) is 25.5. The number of likely N-dealkylation sites (tertiary alicyclic amines) is 1. The molecule has 0 aromatic heterocycles. The van der Waals surface area contributed by atoms with Crippen LogP contribution in [0.1, 0.15) is 130 Å². The number of ether oxygens (including phenoxy) is 1. The Labute approximate surface area is 392 Å². The molecule has 2 bridgehead atoms. The number of aliphatic hydroxyl groups excluding tert-OH is 1. The molecular weight excluding hydrogens is 856 g/mol. The minimum atomic E-state index is -1.36. The zero-order valence-corrected chi connectivity index (χ0v) is 43.0. The average molecular weight is 944 g/mol. The summed E-state index contributed by atoms with van der Waals surface area (Å²) >= 11 is 0. The highest BCUT2D eigenvalue weighted by Gasteiger charge is 2.61. The summed E-state index contributed by atoms with van der Waals surface area (Å²) in [6.45, 7) is 43.7. The van der Waals surface area contributed by atoms with Gasteiger partial charge in [0.25, 0.3) is 20.3 Å². The number of hydroxylamine groups is 2. The second-order valence-corrected chi connectivity index (χ2v) is 21.5. The van der Waals surface area contributed by atoms with E-state index in [1.165, 1.54) is 7.11 Å². The molecule has 3 saturated heterocycles. The molecule has 16 nitrogen and oxygen atoms in total. The first-order chi connectivity index (χ1) is 31.3. The van der Waals surface area contributed by atoms with Gasteiger partial charge in [-0.25, -0.2) is 27.2 Å². The largest absolute Gasteiger partial charge is 0.400 e. The van der Waals surface area contributed by atoms with Crippen molar-refractivity contribution in [3.05, 3.63) is 35.0 Å². The molecule has 0 radical (unpaired) electrons. The summed E-state index contributed by atoms with van der Waals surface area (Å²) in [6, 6.07) is 2.13. The van der Waals surface area contributed by atoms with Crippen LogP contribution in [0.15, 0.2) is 12.2 Å². The normalized spacial score (nSPS) is 22.2. The highest BCUT2D eigenvalue weighted by atomic mass is 31.2. The molecular formula is C46H83N7O9P2. The monoisotopic (exact) mass is 944 g/mol. The van der Waals surface area contributed by atoms with Crippen molar-refractivity contribution < 1.29 is 44.0 Å². The van der Waals surface area contributed by atoms with Gasteiger partial charge in [0.1, 0.15) is 13.2 Å². The topological polar surface area (TPSA) is 143 Å². The van der Waals surface area contributed by atoms with E-state index in [9.17, 15) is 14.4 Å². The molecule has 0 spiro atoms. The average Bonchev–Trinajstić information content (AvgIpc) is 3.94. The van der Waals surface area contributed by atoms with Gasteiger partial charge in [0.05, 0.1) is 37.3 Å². The lowest BCUT2D eigenvalue weighted by Crippen LogP contribution is -2.44. The molecule has 0 aliphatic carbocycles. The number of piperidine rings is 1. The standard InChI is InChI=1S/C30H47N4O7P.C15H32N3OP.CH4O/c1-21(2)34(22(3)4)42(39-19-15-31-6)40-20-30(5)13-16-32(17-14-30)25(35)10-8-7-9-18-38-33-28(36)26-23-11-12-24(41-23)27(26)29(33)37;1-12(2)17(13(3)4)20(19-11-10-16-9)18(14(5)6)15(7)8;1-2/h11-12,21-24,26-27H,7-10,13-20H2,1-5H3;12-15H,10-11H2,1-8H3;2H,1H3/i5T;;2T. The first kappa shape index (κ1) is 54.4. The van der Waals surface area contributed by atoms with Crippen LogP contribution in [0.25, 0.3) is 9.69 Å². The Bertz CT molecular complexity index is 1500. The fraction of sp³-hybridized carbons (Fsp3) is 0.848. The minimum Gasteiger partial charge on any atom is -0.400 e. The van der Waals surface area contributed by atoms with Gasteiger partial charge in [0.15, 0.2) is 8.45 Å². The van der Waals surface area contributed by atoms with E-state index < -0.39 is 28.8 Å². The number of aliphatic hydroxyl groups is 1. The third-order valence-electron chi connectivity index (χ3n) is 11.4. The van der Waals surface area contributed by atoms with E-state index in [1.54, 1.807) is 0 Å². The number of carbonyl (C=O) groups excluding carboxylic acids is 3. The van der Waals surface area contributed by atoms with Gasteiger partial charge in [-0.3, -0.25) is 19.2 Å². The summed E-state index contributed by atoms with van der Waals surface area (Å²) in [5, 5.41) is 4.43. The number of hydrogen-bond donors (Lipinski definition) is 1. The van der Waals surface area contributed by atoms with Gasteiger partial charge >= 0.3 is 0 Å². The van der Waals surface area contributed by atoms with Crippen molar-refractivity contribution in [2.24, 2.45) is 17.3 Å². The second kappa shape index (κ2) is 28.9. The maximum atomic E-state index is 12.9. The number of hydrogen-bond acceptors (Lipinski definition) is 12. The van der Waals surface area contributed by atoms with Crippen LogP contribution in [-0.2, 0) is 37.5 Å². The Kier molecular flexibility index (Phi) is 24.6.